The van der Waals surface area contributed by atoms with Gasteiger partial charge in [0.2, 0.25) is 5.91 Å². The average molecular weight is 606 g/mol. The number of pyridine rings is 1. The van der Waals surface area contributed by atoms with Crippen LogP contribution in [0.5, 0.6) is 0 Å². The van der Waals surface area contributed by atoms with Gasteiger partial charge in [-0.3, -0.25) is 9.78 Å². The van der Waals surface area contributed by atoms with Crippen molar-refractivity contribution in [2.75, 3.05) is 18.4 Å². The van der Waals surface area contributed by atoms with Crippen molar-refractivity contribution in [1.82, 2.24) is 20.2 Å². The number of fused-ring (bicyclic) bond motifs is 2. The molecule has 2 N–H and O–H groups in total. The van der Waals surface area contributed by atoms with Gasteiger partial charge in [0, 0.05) is 48.4 Å². The van der Waals surface area contributed by atoms with Gasteiger partial charge in [-0.05, 0) is 88.4 Å². The molecule has 0 bridgehead atoms. The lowest BCUT2D eigenvalue weighted by Crippen LogP contribution is -2.41. The molecule has 1 aromatic carbocycles. The number of amides is 2. The van der Waals surface area contributed by atoms with E-state index in [0.717, 1.165) is 53.8 Å². The average Bonchev–Trinajstić information content (AvgIpc) is 3.53. The van der Waals surface area contributed by atoms with Crippen molar-refractivity contribution in [3.8, 4) is 21.7 Å². The van der Waals surface area contributed by atoms with E-state index in [2.05, 4.69) is 47.7 Å². The number of hydrogen-bond donors (Lipinski definition) is 2. The molecule has 0 radical (unpaired) electrons. The molecule has 0 saturated heterocycles. The first-order valence-electron chi connectivity index (χ1n) is 14.5. The number of carbonyl (C=O) groups excluding carboxylic acids is 2. The third-order valence-electron chi connectivity index (χ3n) is 7.44. The molecule has 0 spiro atoms. The Bertz CT molecular complexity index is 1570. The summed E-state index contributed by atoms with van der Waals surface area (Å²) in [6, 6.07) is 10.5. The Morgan fingerprint density at radius 3 is 2.62 bits per heavy atom. The Morgan fingerprint density at radius 2 is 1.90 bits per heavy atom. The minimum absolute atomic E-state index is 0.0385. The number of aromatic nitrogens is 2. The summed E-state index contributed by atoms with van der Waals surface area (Å²) in [6.07, 6.45) is 5.31. The van der Waals surface area contributed by atoms with E-state index in [-0.39, 0.29) is 18.0 Å². The molecule has 2 atom stereocenters. The largest absolute Gasteiger partial charge is 0.444 e. The smallest absolute Gasteiger partial charge is 0.410 e. The van der Waals surface area contributed by atoms with E-state index in [9.17, 15) is 9.59 Å². The van der Waals surface area contributed by atoms with Gasteiger partial charge in [-0.25, -0.2) is 9.78 Å². The number of rotatable bonds is 8. The monoisotopic (exact) mass is 605 g/mol. The Hall–Kier alpha value is -3.34. The van der Waals surface area contributed by atoms with E-state index in [1.54, 1.807) is 40.0 Å². The van der Waals surface area contributed by atoms with E-state index in [4.69, 9.17) is 9.72 Å². The lowest BCUT2D eigenvalue weighted by Gasteiger charge is -2.35. The molecule has 5 rings (SSSR count). The van der Waals surface area contributed by atoms with Gasteiger partial charge in [-0.2, -0.15) is 0 Å². The third kappa shape index (κ3) is 6.66. The predicted molar refractivity (Wildman–Crippen MR) is 172 cm³/mol. The van der Waals surface area contributed by atoms with Gasteiger partial charge >= 0.3 is 6.09 Å². The van der Waals surface area contributed by atoms with Crippen LogP contribution in [0, 0.1) is 0 Å². The number of hydrogen-bond acceptors (Lipinski definition) is 8. The minimum atomic E-state index is -0.573. The van der Waals surface area contributed by atoms with Gasteiger partial charge in [0.05, 0.1) is 16.3 Å². The maximum atomic E-state index is 13.1. The van der Waals surface area contributed by atoms with E-state index >= 15 is 0 Å². The van der Waals surface area contributed by atoms with Gasteiger partial charge in [0.1, 0.15) is 15.6 Å². The highest BCUT2D eigenvalue weighted by Crippen LogP contribution is 2.49. The SMILES string of the molecule is CC[C@H](C)NCCC(=O)Nc1sc2c(c1-c1nc3cc(-c4ccncc4)ccc3s1)CCN(C(=O)OC(C)(C)C)[C@@H]2C. The number of benzene rings is 1. The molecule has 1 aliphatic rings. The molecular formula is C32H39N5O3S2. The van der Waals surface area contributed by atoms with Crippen LogP contribution in [0.2, 0.25) is 0 Å². The Kier molecular flexibility index (Phi) is 8.96. The normalized spacial score (nSPS) is 15.9. The number of nitrogens with one attached hydrogen (secondary N) is 2. The second-order valence-corrected chi connectivity index (χ2v) is 13.8. The first kappa shape index (κ1) is 30.1. The summed E-state index contributed by atoms with van der Waals surface area (Å²) < 4.78 is 6.79. The second kappa shape index (κ2) is 12.5. The summed E-state index contributed by atoms with van der Waals surface area (Å²) in [4.78, 5) is 38.2. The first-order valence-corrected chi connectivity index (χ1v) is 16.2. The molecule has 222 valence electrons. The van der Waals surface area contributed by atoms with Crippen LogP contribution in [0.15, 0.2) is 42.7 Å². The van der Waals surface area contributed by atoms with Crippen LogP contribution in [0.4, 0.5) is 9.80 Å². The van der Waals surface area contributed by atoms with E-state index < -0.39 is 5.60 Å². The molecule has 0 saturated carbocycles. The fourth-order valence-corrected chi connectivity index (χ4v) is 7.47. The Labute approximate surface area is 255 Å². The molecule has 4 heterocycles. The first-order chi connectivity index (χ1) is 20.0. The fraction of sp³-hybridized carbons (Fsp3) is 0.438. The lowest BCUT2D eigenvalue weighted by atomic mass is 9.98. The number of thiazole rings is 1. The molecular weight excluding hydrogens is 567 g/mol. The summed E-state index contributed by atoms with van der Waals surface area (Å²) >= 11 is 3.17. The van der Waals surface area contributed by atoms with Crippen molar-refractivity contribution < 1.29 is 14.3 Å². The van der Waals surface area contributed by atoms with Crippen molar-refractivity contribution in [2.24, 2.45) is 0 Å². The molecule has 3 aromatic heterocycles. The number of anilines is 1. The number of thiophene rings is 1. The van der Waals surface area contributed by atoms with Crippen LogP contribution in [-0.4, -0.2) is 51.6 Å². The zero-order valence-electron chi connectivity index (χ0n) is 25.1. The zero-order valence-corrected chi connectivity index (χ0v) is 26.7. The van der Waals surface area contributed by atoms with Crippen LogP contribution in [-0.2, 0) is 16.0 Å². The summed E-state index contributed by atoms with van der Waals surface area (Å²) in [6.45, 7) is 13.1. The minimum Gasteiger partial charge on any atom is -0.444 e. The summed E-state index contributed by atoms with van der Waals surface area (Å²) in [5.74, 6) is -0.0385. The Morgan fingerprint density at radius 1 is 1.14 bits per heavy atom. The van der Waals surface area contributed by atoms with Crippen molar-refractivity contribution in [3.63, 3.8) is 0 Å². The zero-order chi connectivity index (χ0) is 30.0. The highest BCUT2D eigenvalue weighted by molar-refractivity contribution is 7.23. The summed E-state index contributed by atoms with van der Waals surface area (Å²) in [5.41, 5.74) is 4.63. The number of ether oxygens (including phenoxy) is 1. The van der Waals surface area contributed by atoms with Gasteiger partial charge < -0.3 is 20.3 Å². The van der Waals surface area contributed by atoms with E-state index in [1.807, 2.05) is 39.8 Å². The highest BCUT2D eigenvalue weighted by atomic mass is 32.1. The molecule has 8 nitrogen and oxygen atoms in total. The van der Waals surface area contributed by atoms with Gasteiger partial charge in [-0.15, -0.1) is 22.7 Å². The summed E-state index contributed by atoms with van der Waals surface area (Å²) in [7, 11) is 0. The quantitative estimate of drug-likeness (QED) is 0.214. The van der Waals surface area contributed by atoms with Crippen molar-refractivity contribution in [1.29, 1.82) is 0 Å². The molecule has 1 aliphatic heterocycles. The van der Waals surface area contributed by atoms with Gasteiger partial charge in [0.15, 0.2) is 0 Å². The summed E-state index contributed by atoms with van der Waals surface area (Å²) in [5, 5.41) is 8.27. The van der Waals surface area contributed by atoms with Gasteiger partial charge in [0.25, 0.3) is 0 Å². The predicted octanol–water partition coefficient (Wildman–Crippen LogP) is 7.66. The molecule has 2 amide bonds. The van der Waals surface area contributed by atoms with Crippen molar-refractivity contribution >= 4 is 49.9 Å². The van der Waals surface area contributed by atoms with Crippen LogP contribution >= 0.6 is 22.7 Å². The molecule has 0 aliphatic carbocycles. The number of nitrogens with zero attached hydrogens (tertiary/aromatic N) is 3. The maximum Gasteiger partial charge on any atom is 0.410 e. The maximum absolute atomic E-state index is 13.1. The van der Waals surface area contributed by atoms with Crippen LogP contribution in [0.25, 0.3) is 31.9 Å². The molecule has 0 unspecified atom stereocenters. The van der Waals surface area contributed by atoms with Crippen molar-refractivity contribution in [3.05, 3.63) is 53.2 Å². The molecule has 10 heteroatoms. The van der Waals surface area contributed by atoms with Gasteiger partial charge in [-0.1, -0.05) is 13.0 Å². The fourth-order valence-electron chi connectivity index (χ4n) is 5.04. The van der Waals surface area contributed by atoms with Crippen LogP contribution in [0.3, 0.4) is 0 Å². The van der Waals surface area contributed by atoms with Crippen molar-refractivity contribution in [2.45, 2.75) is 78.5 Å². The van der Waals surface area contributed by atoms with E-state index in [0.29, 0.717) is 32.0 Å². The third-order valence-corrected chi connectivity index (χ3v) is 9.81. The van der Waals surface area contributed by atoms with E-state index in [1.165, 1.54) is 0 Å². The lowest BCUT2D eigenvalue weighted by molar-refractivity contribution is -0.116. The molecule has 42 heavy (non-hydrogen) atoms. The highest BCUT2D eigenvalue weighted by Gasteiger charge is 2.36. The van der Waals surface area contributed by atoms with Crippen LogP contribution < -0.4 is 10.6 Å². The topological polar surface area (TPSA) is 96.5 Å². The molecule has 0 fully saturated rings. The Balaban J connectivity index is 1.50. The molecule has 4 aromatic rings. The number of carbonyl (C=O) groups is 2. The van der Waals surface area contributed by atoms with Crippen LogP contribution in [0.1, 0.15) is 70.9 Å². The standard InChI is InChI=1S/C32H39N5O3S2/c1-7-19(2)34-16-12-26(38)36-30-27(23-13-17-37(20(3)28(23)42-30)31(39)40-32(4,5)6)29-35-24-18-22(8-9-25(24)41-29)21-10-14-33-15-11-21/h8-11,14-15,18-20,34H,7,12-13,16-17H2,1-6H3,(H,36,38)/t19-,20+/m0/s1. The second-order valence-electron chi connectivity index (χ2n) is 11.7.